The summed E-state index contributed by atoms with van der Waals surface area (Å²) in [5.41, 5.74) is -0.207. The number of allylic oxidation sites excluding steroid dienone is 1. The van der Waals surface area contributed by atoms with E-state index >= 15 is 0 Å². The van der Waals surface area contributed by atoms with Crippen LogP contribution >= 0.6 is 0 Å². The zero-order chi connectivity index (χ0) is 9.31. The lowest BCUT2D eigenvalue weighted by Gasteiger charge is -2.11. The van der Waals surface area contributed by atoms with Gasteiger partial charge in [0.2, 0.25) is 0 Å². The summed E-state index contributed by atoms with van der Waals surface area (Å²) in [5.74, 6) is 0. The van der Waals surface area contributed by atoms with Crippen molar-refractivity contribution >= 4 is 6.08 Å². The molecule has 0 fully saturated rings. The maximum Gasteiger partial charge on any atom is 0.0958 e. The van der Waals surface area contributed by atoms with Crippen molar-refractivity contribution in [3.05, 3.63) is 35.1 Å². The van der Waals surface area contributed by atoms with Gasteiger partial charge in [-0.15, -0.1) is 0 Å². The van der Waals surface area contributed by atoms with Gasteiger partial charge in [-0.3, -0.25) is 4.99 Å². The van der Waals surface area contributed by atoms with Gasteiger partial charge >= 0.3 is 0 Å². The molecule has 1 aliphatic rings. The third kappa shape index (κ3) is 1.37. The summed E-state index contributed by atoms with van der Waals surface area (Å²) >= 11 is 0. The van der Waals surface area contributed by atoms with Gasteiger partial charge in [-0.05, 0) is 19.9 Å². The standard InChI is InChI=1S/C10H11N3/c1-3-4-10(2)5-8-6-11-12-7-9(8)13-10/h3-7H,1-2H3. The average Bonchev–Trinajstić information content (AvgIpc) is 2.40. The number of aromatic nitrogens is 2. The Morgan fingerprint density at radius 2 is 2.08 bits per heavy atom. The van der Waals surface area contributed by atoms with Crippen LogP contribution in [0.4, 0.5) is 0 Å². The van der Waals surface area contributed by atoms with E-state index in [4.69, 9.17) is 0 Å². The Kier molecular flexibility index (Phi) is 1.72. The van der Waals surface area contributed by atoms with E-state index in [0.29, 0.717) is 0 Å². The minimum atomic E-state index is -0.207. The Bertz CT molecular complexity index is 424. The maximum absolute atomic E-state index is 4.53. The lowest BCUT2D eigenvalue weighted by atomic mass is 10.0. The molecule has 3 heteroatoms. The Morgan fingerprint density at radius 1 is 1.31 bits per heavy atom. The lowest BCUT2D eigenvalue weighted by Crippen LogP contribution is -2.22. The molecular weight excluding hydrogens is 162 g/mol. The molecule has 66 valence electrons. The molecular formula is C10H11N3. The Balaban J connectivity index is 2.63. The Morgan fingerprint density at radius 3 is 2.77 bits per heavy atom. The zero-order valence-electron chi connectivity index (χ0n) is 7.73. The second kappa shape index (κ2) is 2.76. The van der Waals surface area contributed by atoms with Crippen LogP contribution in [-0.4, -0.2) is 15.7 Å². The van der Waals surface area contributed by atoms with E-state index in [1.165, 1.54) is 0 Å². The van der Waals surface area contributed by atoms with Crippen molar-refractivity contribution in [2.45, 2.75) is 19.4 Å². The number of hydrogen-bond donors (Lipinski definition) is 0. The smallest absolute Gasteiger partial charge is 0.0958 e. The summed E-state index contributed by atoms with van der Waals surface area (Å²) in [6, 6.07) is 0. The van der Waals surface area contributed by atoms with Gasteiger partial charge in [0.1, 0.15) is 0 Å². The monoisotopic (exact) mass is 173 g/mol. The molecule has 0 radical (unpaired) electrons. The molecule has 0 saturated heterocycles. The Labute approximate surface area is 76.5 Å². The SMILES string of the molecule is CC=CC1(C)C=c2cnncc2=N1. The van der Waals surface area contributed by atoms with Crippen LogP contribution in [0.2, 0.25) is 0 Å². The first kappa shape index (κ1) is 8.10. The van der Waals surface area contributed by atoms with Crippen molar-refractivity contribution in [1.82, 2.24) is 10.2 Å². The Hall–Kier alpha value is -1.51. The highest BCUT2D eigenvalue weighted by Crippen LogP contribution is 2.14. The van der Waals surface area contributed by atoms with Gasteiger partial charge in [0.25, 0.3) is 0 Å². The molecule has 0 aromatic carbocycles. The van der Waals surface area contributed by atoms with Crippen LogP contribution in [0.5, 0.6) is 0 Å². The number of hydrogen-bond acceptors (Lipinski definition) is 3. The van der Waals surface area contributed by atoms with Crippen molar-refractivity contribution in [2.24, 2.45) is 4.99 Å². The fraction of sp³-hybridized carbons (Fsp3) is 0.300. The highest BCUT2D eigenvalue weighted by molar-refractivity contribution is 5.44. The van der Waals surface area contributed by atoms with Crippen molar-refractivity contribution < 1.29 is 0 Å². The van der Waals surface area contributed by atoms with Crippen LogP contribution in [0.1, 0.15) is 13.8 Å². The van der Waals surface area contributed by atoms with E-state index in [1.54, 1.807) is 12.4 Å². The molecule has 1 unspecified atom stereocenters. The largest absolute Gasteiger partial charge is 0.268 e. The van der Waals surface area contributed by atoms with Crippen LogP contribution < -0.4 is 10.6 Å². The molecule has 13 heavy (non-hydrogen) atoms. The number of nitrogens with zero attached hydrogens (tertiary/aromatic N) is 3. The maximum atomic E-state index is 4.53. The van der Waals surface area contributed by atoms with Crippen molar-refractivity contribution in [2.75, 3.05) is 0 Å². The molecule has 0 N–H and O–H groups in total. The summed E-state index contributed by atoms with van der Waals surface area (Å²) in [6.07, 6.45) is 9.60. The van der Waals surface area contributed by atoms with Crippen LogP contribution in [0.3, 0.4) is 0 Å². The van der Waals surface area contributed by atoms with Gasteiger partial charge in [-0.1, -0.05) is 12.2 Å². The number of fused-ring (bicyclic) bond motifs is 1. The normalized spacial score (nSPS) is 25.4. The highest BCUT2D eigenvalue weighted by Gasteiger charge is 2.19. The first-order chi connectivity index (χ1) is 6.23. The van der Waals surface area contributed by atoms with Crippen LogP contribution in [0.25, 0.3) is 6.08 Å². The topological polar surface area (TPSA) is 38.1 Å². The minimum Gasteiger partial charge on any atom is -0.268 e. The van der Waals surface area contributed by atoms with Crippen LogP contribution in [0.15, 0.2) is 29.5 Å². The van der Waals surface area contributed by atoms with Gasteiger partial charge in [-0.2, -0.15) is 10.2 Å². The van der Waals surface area contributed by atoms with E-state index in [0.717, 1.165) is 10.6 Å². The molecule has 3 nitrogen and oxygen atoms in total. The first-order valence-electron chi connectivity index (χ1n) is 4.27. The van der Waals surface area contributed by atoms with Crippen LogP contribution in [0, 0.1) is 0 Å². The molecule has 1 atom stereocenters. The average molecular weight is 173 g/mol. The molecule has 2 rings (SSSR count). The first-order valence-corrected chi connectivity index (χ1v) is 4.27. The summed E-state index contributed by atoms with van der Waals surface area (Å²) < 4.78 is 0. The summed E-state index contributed by atoms with van der Waals surface area (Å²) in [4.78, 5) is 4.53. The summed E-state index contributed by atoms with van der Waals surface area (Å²) in [7, 11) is 0. The second-order valence-corrected chi connectivity index (χ2v) is 3.31. The van der Waals surface area contributed by atoms with Gasteiger partial charge < -0.3 is 0 Å². The molecule has 1 aromatic rings. The van der Waals surface area contributed by atoms with E-state index in [2.05, 4.69) is 34.3 Å². The number of rotatable bonds is 1. The fourth-order valence-electron chi connectivity index (χ4n) is 1.56. The van der Waals surface area contributed by atoms with Gasteiger partial charge in [0.15, 0.2) is 0 Å². The van der Waals surface area contributed by atoms with E-state index in [-0.39, 0.29) is 5.54 Å². The lowest BCUT2D eigenvalue weighted by molar-refractivity contribution is 0.768. The van der Waals surface area contributed by atoms with Crippen molar-refractivity contribution in [3.8, 4) is 0 Å². The third-order valence-corrected chi connectivity index (χ3v) is 2.05. The van der Waals surface area contributed by atoms with E-state index in [9.17, 15) is 0 Å². The minimum absolute atomic E-state index is 0.207. The van der Waals surface area contributed by atoms with Gasteiger partial charge in [0, 0.05) is 5.22 Å². The highest BCUT2D eigenvalue weighted by atomic mass is 15.1. The molecule has 1 aromatic heterocycles. The molecule has 0 amide bonds. The van der Waals surface area contributed by atoms with E-state index in [1.807, 2.05) is 13.0 Å². The van der Waals surface area contributed by atoms with Crippen molar-refractivity contribution in [3.63, 3.8) is 0 Å². The van der Waals surface area contributed by atoms with Gasteiger partial charge in [-0.25, -0.2) is 0 Å². The second-order valence-electron chi connectivity index (χ2n) is 3.31. The molecule has 0 aliphatic carbocycles. The molecule has 0 bridgehead atoms. The zero-order valence-corrected chi connectivity index (χ0v) is 7.73. The quantitative estimate of drug-likeness (QED) is 0.570. The fourth-order valence-corrected chi connectivity index (χ4v) is 1.56. The summed E-state index contributed by atoms with van der Waals surface area (Å²) in [5, 5.41) is 9.60. The third-order valence-electron chi connectivity index (χ3n) is 2.05. The molecule has 2 heterocycles. The molecule has 0 saturated carbocycles. The van der Waals surface area contributed by atoms with Crippen molar-refractivity contribution in [1.29, 1.82) is 0 Å². The van der Waals surface area contributed by atoms with E-state index < -0.39 is 0 Å². The van der Waals surface area contributed by atoms with Crippen LogP contribution in [-0.2, 0) is 0 Å². The predicted octanol–water partition coefficient (Wildman–Crippen LogP) is 0.225. The molecule has 1 aliphatic heterocycles. The predicted molar refractivity (Wildman–Crippen MR) is 50.5 cm³/mol. The summed E-state index contributed by atoms with van der Waals surface area (Å²) in [6.45, 7) is 4.06. The molecule has 0 spiro atoms. The van der Waals surface area contributed by atoms with Gasteiger partial charge in [0.05, 0.1) is 23.3 Å².